The summed E-state index contributed by atoms with van der Waals surface area (Å²) in [6.07, 6.45) is 5.23. The lowest BCUT2D eigenvalue weighted by atomic mass is 10.1. The maximum Gasteiger partial charge on any atom is 0.0517 e. The summed E-state index contributed by atoms with van der Waals surface area (Å²) >= 11 is 0. The van der Waals surface area contributed by atoms with E-state index in [0.29, 0.717) is 0 Å². The van der Waals surface area contributed by atoms with Gasteiger partial charge in [0.15, 0.2) is 0 Å². The SMILES string of the molecule is c1cc(NCC2CCNC2)c[nH]1. The van der Waals surface area contributed by atoms with E-state index in [-0.39, 0.29) is 0 Å². The third-order valence-electron chi connectivity index (χ3n) is 2.36. The average molecular weight is 165 g/mol. The van der Waals surface area contributed by atoms with Gasteiger partial charge in [0.2, 0.25) is 0 Å². The Bertz CT molecular complexity index is 212. The molecule has 1 fully saturated rings. The molecule has 1 aromatic rings. The molecule has 2 heterocycles. The van der Waals surface area contributed by atoms with Gasteiger partial charge in [-0.15, -0.1) is 0 Å². The van der Waals surface area contributed by atoms with E-state index in [1.54, 1.807) is 0 Å². The molecular weight excluding hydrogens is 150 g/mol. The van der Waals surface area contributed by atoms with Gasteiger partial charge in [-0.2, -0.15) is 0 Å². The summed E-state index contributed by atoms with van der Waals surface area (Å²) in [5.74, 6) is 0.805. The van der Waals surface area contributed by atoms with Crippen LogP contribution in [0.3, 0.4) is 0 Å². The molecule has 2 rings (SSSR count). The zero-order valence-corrected chi connectivity index (χ0v) is 7.14. The molecule has 0 aromatic carbocycles. The van der Waals surface area contributed by atoms with E-state index in [4.69, 9.17) is 0 Å². The van der Waals surface area contributed by atoms with Gasteiger partial charge in [0.25, 0.3) is 0 Å². The highest BCUT2D eigenvalue weighted by atomic mass is 14.9. The summed E-state index contributed by atoms with van der Waals surface area (Å²) in [5, 5.41) is 6.75. The van der Waals surface area contributed by atoms with Gasteiger partial charge in [0.1, 0.15) is 0 Å². The van der Waals surface area contributed by atoms with E-state index < -0.39 is 0 Å². The molecule has 1 unspecified atom stereocenters. The molecule has 12 heavy (non-hydrogen) atoms. The Morgan fingerprint density at radius 1 is 1.58 bits per heavy atom. The lowest BCUT2D eigenvalue weighted by Gasteiger charge is -2.08. The maximum atomic E-state index is 3.40. The Morgan fingerprint density at radius 3 is 3.25 bits per heavy atom. The Morgan fingerprint density at radius 2 is 2.58 bits per heavy atom. The Kier molecular flexibility index (Phi) is 2.32. The highest BCUT2D eigenvalue weighted by Gasteiger charge is 2.13. The number of hydrogen-bond donors (Lipinski definition) is 3. The largest absolute Gasteiger partial charge is 0.383 e. The van der Waals surface area contributed by atoms with Crippen LogP contribution in [-0.2, 0) is 0 Å². The molecule has 3 heteroatoms. The number of rotatable bonds is 3. The minimum atomic E-state index is 0.805. The molecule has 1 aliphatic rings. The van der Waals surface area contributed by atoms with Crippen LogP contribution in [0, 0.1) is 5.92 Å². The smallest absolute Gasteiger partial charge is 0.0517 e. The van der Waals surface area contributed by atoms with Crippen LogP contribution >= 0.6 is 0 Å². The van der Waals surface area contributed by atoms with Crippen LogP contribution in [0.2, 0.25) is 0 Å². The lowest BCUT2D eigenvalue weighted by Crippen LogP contribution is -2.16. The molecule has 0 spiro atoms. The lowest BCUT2D eigenvalue weighted by molar-refractivity contribution is 0.615. The first-order valence-electron chi connectivity index (χ1n) is 4.52. The van der Waals surface area contributed by atoms with Crippen LogP contribution in [0.4, 0.5) is 5.69 Å². The number of aromatic nitrogens is 1. The molecule has 0 saturated carbocycles. The van der Waals surface area contributed by atoms with Crippen LogP contribution < -0.4 is 10.6 Å². The fourth-order valence-corrected chi connectivity index (χ4v) is 1.58. The Labute approximate surface area is 72.6 Å². The second-order valence-corrected chi connectivity index (χ2v) is 3.34. The first-order valence-corrected chi connectivity index (χ1v) is 4.52. The molecule has 1 atom stereocenters. The summed E-state index contributed by atoms with van der Waals surface area (Å²) in [6, 6.07) is 2.06. The van der Waals surface area contributed by atoms with Crippen molar-refractivity contribution in [2.45, 2.75) is 6.42 Å². The average Bonchev–Trinajstić information content (AvgIpc) is 2.74. The maximum absolute atomic E-state index is 3.40. The minimum Gasteiger partial charge on any atom is -0.383 e. The topological polar surface area (TPSA) is 39.8 Å². The summed E-state index contributed by atoms with van der Waals surface area (Å²) in [4.78, 5) is 3.03. The monoisotopic (exact) mass is 165 g/mol. The molecule has 1 aromatic heterocycles. The molecule has 3 nitrogen and oxygen atoms in total. The van der Waals surface area contributed by atoms with Gasteiger partial charge in [-0.05, 0) is 31.5 Å². The molecule has 0 radical (unpaired) electrons. The third kappa shape index (κ3) is 1.80. The number of anilines is 1. The molecule has 3 N–H and O–H groups in total. The minimum absolute atomic E-state index is 0.805. The molecule has 0 aliphatic carbocycles. The first-order chi connectivity index (χ1) is 5.95. The standard InChI is InChI=1S/C9H15N3/c1-3-10-5-8(1)6-12-9-2-4-11-7-9/h2,4,7-8,10-12H,1,3,5-6H2. The summed E-state index contributed by atoms with van der Waals surface area (Å²) in [6.45, 7) is 3.43. The molecular formula is C9H15N3. The second-order valence-electron chi connectivity index (χ2n) is 3.34. The van der Waals surface area contributed by atoms with Crippen LogP contribution in [0.5, 0.6) is 0 Å². The zero-order chi connectivity index (χ0) is 8.23. The van der Waals surface area contributed by atoms with Gasteiger partial charge in [-0.1, -0.05) is 0 Å². The van der Waals surface area contributed by atoms with Gasteiger partial charge in [0, 0.05) is 18.9 Å². The fraction of sp³-hybridized carbons (Fsp3) is 0.556. The molecule has 0 bridgehead atoms. The van der Waals surface area contributed by atoms with E-state index in [0.717, 1.165) is 19.0 Å². The van der Waals surface area contributed by atoms with Crippen molar-refractivity contribution in [3.05, 3.63) is 18.5 Å². The van der Waals surface area contributed by atoms with Crippen LogP contribution in [0.25, 0.3) is 0 Å². The number of H-pyrrole nitrogens is 1. The van der Waals surface area contributed by atoms with E-state index >= 15 is 0 Å². The van der Waals surface area contributed by atoms with E-state index in [1.165, 1.54) is 18.7 Å². The van der Waals surface area contributed by atoms with E-state index in [2.05, 4.69) is 21.7 Å². The quantitative estimate of drug-likeness (QED) is 0.626. The molecule has 1 aliphatic heterocycles. The van der Waals surface area contributed by atoms with Gasteiger partial charge >= 0.3 is 0 Å². The normalized spacial score (nSPS) is 22.8. The summed E-state index contributed by atoms with van der Waals surface area (Å²) in [5.41, 5.74) is 1.20. The molecule has 0 amide bonds. The van der Waals surface area contributed by atoms with Crippen molar-refractivity contribution in [2.24, 2.45) is 5.92 Å². The molecule has 1 saturated heterocycles. The highest BCUT2D eigenvalue weighted by Crippen LogP contribution is 2.10. The van der Waals surface area contributed by atoms with Crippen molar-refractivity contribution < 1.29 is 0 Å². The van der Waals surface area contributed by atoms with E-state index in [9.17, 15) is 0 Å². The Balaban J connectivity index is 1.74. The van der Waals surface area contributed by atoms with Crippen molar-refractivity contribution in [2.75, 3.05) is 25.0 Å². The summed E-state index contributed by atoms with van der Waals surface area (Å²) in [7, 11) is 0. The van der Waals surface area contributed by atoms with Crippen LogP contribution in [0.1, 0.15) is 6.42 Å². The molecule has 66 valence electrons. The summed E-state index contributed by atoms with van der Waals surface area (Å²) < 4.78 is 0. The second kappa shape index (κ2) is 3.63. The van der Waals surface area contributed by atoms with Crippen molar-refractivity contribution in [3.63, 3.8) is 0 Å². The van der Waals surface area contributed by atoms with Gasteiger partial charge in [-0.3, -0.25) is 0 Å². The predicted octanol–water partition coefficient (Wildman–Crippen LogP) is 1.04. The van der Waals surface area contributed by atoms with Crippen molar-refractivity contribution in [1.29, 1.82) is 0 Å². The van der Waals surface area contributed by atoms with Crippen LogP contribution in [0.15, 0.2) is 18.5 Å². The van der Waals surface area contributed by atoms with Crippen LogP contribution in [-0.4, -0.2) is 24.6 Å². The number of hydrogen-bond acceptors (Lipinski definition) is 2. The predicted molar refractivity (Wildman–Crippen MR) is 50.3 cm³/mol. The van der Waals surface area contributed by atoms with Crippen molar-refractivity contribution in [1.82, 2.24) is 10.3 Å². The van der Waals surface area contributed by atoms with Gasteiger partial charge < -0.3 is 15.6 Å². The number of aromatic amines is 1. The van der Waals surface area contributed by atoms with E-state index in [1.807, 2.05) is 12.4 Å². The zero-order valence-electron chi connectivity index (χ0n) is 7.14. The number of nitrogens with one attached hydrogen (secondary N) is 3. The highest BCUT2D eigenvalue weighted by molar-refractivity contribution is 5.40. The van der Waals surface area contributed by atoms with Crippen molar-refractivity contribution in [3.8, 4) is 0 Å². The Hall–Kier alpha value is -0.960. The first kappa shape index (κ1) is 7.68. The van der Waals surface area contributed by atoms with Gasteiger partial charge in [0.05, 0.1) is 5.69 Å². The third-order valence-corrected chi connectivity index (χ3v) is 2.36. The van der Waals surface area contributed by atoms with Crippen molar-refractivity contribution >= 4 is 5.69 Å². The fourth-order valence-electron chi connectivity index (χ4n) is 1.58. The van der Waals surface area contributed by atoms with Gasteiger partial charge in [-0.25, -0.2) is 0 Å².